The van der Waals surface area contributed by atoms with Crippen LogP contribution in [0.15, 0.2) is 0 Å². The first-order valence-corrected chi connectivity index (χ1v) is 5.97. The van der Waals surface area contributed by atoms with Crippen LogP contribution < -0.4 is 11.1 Å². The van der Waals surface area contributed by atoms with Crippen LogP contribution in [0.1, 0.15) is 29.5 Å². The van der Waals surface area contributed by atoms with E-state index in [9.17, 15) is 9.90 Å². The zero-order valence-electron chi connectivity index (χ0n) is 10.3. The van der Waals surface area contributed by atoms with Crippen molar-refractivity contribution < 1.29 is 14.6 Å². The average Bonchev–Trinajstić information content (AvgIpc) is 2.93. The van der Waals surface area contributed by atoms with Crippen LogP contribution in [0, 0.1) is 0 Å². The van der Waals surface area contributed by atoms with Gasteiger partial charge < -0.3 is 20.9 Å². The van der Waals surface area contributed by atoms with Gasteiger partial charge in [0.25, 0.3) is 5.91 Å². The van der Waals surface area contributed by atoms with Gasteiger partial charge in [-0.25, -0.2) is 0 Å². The Kier molecular flexibility index (Phi) is 3.53. The average molecular weight is 254 g/mol. The molecule has 2 rings (SSSR count). The van der Waals surface area contributed by atoms with E-state index in [1.807, 2.05) is 6.92 Å². The van der Waals surface area contributed by atoms with Gasteiger partial charge in [-0.15, -0.1) is 0 Å². The Morgan fingerprint density at radius 3 is 3.06 bits per heavy atom. The number of aryl methyl sites for hydroxylation is 1. The third kappa shape index (κ3) is 2.46. The van der Waals surface area contributed by atoms with Crippen molar-refractivity contribution in [2.75, 3.05) is 25.5 Å². The highest BCUT2D eigenvalue weighted by Crippen LogP contribution is 2.18. The van der Waals surface area contributed by atoms with Crippen LogP contribution in [0.2, 0.25) is 0 Å². The van der Waals surface area contributed by atoms with E-state index < -0.39 is 5.60 Å². The normalized spacial score (nSPS) is 23.2. The van der Waals surface area contributed by atoms with Crippen molar-refractivity contribution in [1.29, 1.82) is 0 Å². The Labute approximate surface area is 105 Å². The first-order chi connectivity index (χ1) is 8.56. The molecular formula is C11H18N4O3. The molecule has 0 aromatic carbocycles. The predicted molar refractivity (Wildman–Crippen MR) is 65.1 cm³/mol. The van der Waals surface area contributed by atoms with Crippen LogP contribution >= 0.6 is 0 Å². The number of carbonyl (C=O) groups is 1. The molecule has 0 radical (unpaired) electrons. The molecule has 1 aromatic rings. The molecule has 1 fully saturated rings. The topological polar surface area (TPSA) is 113 Å². The highest BCUT2D eigenvalue weighted by atomic mass is 16.5. The maximum atomic E-state index is 11.9. The molecule has 100 valence electrons. The van der Waals surface area contributed by atoms with Gasteiger partial charge in [0.1, 0.15) is 5.60 Å². The summed E-state index contributed by atoms with van der Waals surface area (Å²) < 4.78 is 5.10. The SMILES string of the molecule is CCc1[nH]nc(C(=O)NCC2(O)CCOC2)c1N. The number of rotatable bonds is 4. The maximum absolute atomic E-state index is 11.9. The summed E-state index contributed by atoms with van der Waals surface area (Å²) in [6.07, 6.45) is 1.20. The van der Waals surface area contributed by atoms with Gasteiger partial charge >= 0.3 is 0 Å². The minimum absolute atomic E-state index is 0.138. The number of H-pyrrole nitrogens is 1. The molecule has 1 aliphatic rings. The molecule has 7 nitrogen and oxygen atoms in total. The number of hydrogen-bond acceptors (Lipinski definition) is 5. The summed E-state index contributed by atoms with van der Waals surface area (Å²) >= 11 is 0. The van der Waals surface area contributed by atoms with Gasteiger partial charge in [0.15, 0.2) is 5.69 Å². The fraction of sp³-hybridized carbons (Fsp3) is 0.636. The molecule has 1 unspecified atom stereocenters. The van der Waals surface area contributed by atoms with E-state index in [4.69, 9.17) is 10.5 Å². The van der Waals surface area contributed by atoms with Gasteiger partial charge in [0.05, 0.1) is 18.0 Å². The fourth-order valence-corrected chi connectivity index (χ4v) is 1.89. The maximum Gasteiger partial charge on any atom is 0.274 e. The zero-order valence-corrected chi connectivity index (χ0v) is 10.3. The molecule has 0 saturated carbocycles. The van der Waals surface area contributed by atoms with Gasteiger partial charge in [-0.2, -0.15) is 5.10 Å². The Morgan fingerprint density at radius 2 is 2.50 bits per heavy atom. The van der Waals surface area contributed by atoms with E-state index in [0.29, 0.717) is 25.1 Å². The highest BCUT2D eigenvalue weighted by molar-refractivity contribution is 5.97. The lowest BCUT2D eigenvalue weighted by Gasteiger charge is -2.20. The first-order valence-electron chi connectivity index (χ1n) is 5.97. The number of ether oxygens (including phenoxy) is 1. The first kappa shape index (κ1) is 12.8. The van der Waals surface area contributed by atoms with E-state index in [-0.39, 0.29) is 24.8 Å². The van der Waals surface area contributed by atoms with Crippen molar-refractivity contribution in [3.63, 3.8) is 0 Å². The highest BCUT2D eigenvalue weighted by Gasteiger charge is 2.33. The molecule has 1 aromatic heterocycles. The molecular weight excluding hydrogens is 236 g/mol. The molecule has 2 heterocycles. The molecule has 5 N–H and O–H groups in total. The quantitative estimate of drug-likeness (QED) is 0.575. The van der Waals surface area contributed by atoms with Crippen LogP contribution in [0.3, 0.4) is 0 Å². The molecule has 1 aliphatic heterocycles. The summed E-state index contributed by atoms with van der Waals surface area (Å²) in [6.45, 7) is 2.81. The van der Waals surface area contributed by atoms with E-state index in [1.165, 1.54) is 0 Å². The minimum atomic E-state index is -0.978. The molecule has 0 aliphatic carbocycles. The lowest BCUT2D eigenvalue weighted by Crippen LogP contribution is -2.43. The third-order valence-corrected chi connectivity index (χ3v) is 3.11. The summed E-state index contributed by atoms with van der Waals surface area (Å²) in [5.74, 6) is -0.385. The lowest BCUT2D eigenvalue weighted by molar-refractivity contribution is 0.0264. The van der Waals surface area contributed by atoms with Crippen molar-refractivity contribution in [1.82, 2.24) is 15.5 Å². The number of amides is 1. The monoisotopic (exact) mass is 254 g/mol. The van der Waals surface area contributed by atoms with Gasteiger partial charge in [-0.05, 0) is 6.42 Å². The number of anilines is 1. The Hall–Kier alpha value is -1.60. The number of aromatic amines is 1. The van der Waals surface area contributed by atoms with E-state index in [1.54, 1.807) is 0 Å². The molecule has 7 heteroatoms. The Bertz CT molecular complexity index is 437. The molecule has 1 atom stereocenters. The number of hydrogen-bond donors (Lipinski definition) is 4. The minimum Gasteiger partial charge on any atom is -0.395 e. The van der Waals surface area contributed by atoms with E-state index in [0.717, 1.165) is 5.69 Å². The van der Waals surface area contributed by atoms with Crippen LogP contribution in [0.4, 0.5) is 5.69 Å². The predicted octanol–water partition coefficient (Wildman–Crippen LogP) is -0.564. The van der Waals surface area contributed by atoms with Crippen molar-refractivity contribution in [2.45, 2.75) is 25.4 Å². The van der Waals surface area contributed by atoms with Crippen LogP contribution in [-0.2, 0) is 11.2 Å². The van der Waals surface area contributed by atoms with Crippen molar-refractivity contribution in [3.8, 4) is 0 Å². The van der Waals surface area contributed by atoms with E-state index >= 15 is 0 Å². The van der Waals surface area contributed by atoms with Crippen LogP contribution in [-0.4, -0.2) is 46.6 Å². The molecule has 1 amide bonds. The second kappa shape index (κ2) is 4.95. The van der Waals surface area contributed by atoms with Gasteiger partial charge in [-0.3, -0.25) is 9.89 Å². The van der Waals surface area contributed by atoms with Gasteiger partial charge in [0, 0.05) is 19.6 Å². The summed E-state index contributed by atoms with van der Waals surface area (Å²) in [4.78, 5) is 11.9. The van der Waals surface area contributed by atoms with Gasteiger partial charge in [-0.1, -0.05) is 6.92 Å². The van der Waals surface area contributed by atoms with Crippen LogP contribution in [0.5, 0.6) is 0 Å². The largest absolute Gasteiger partial charge is 0.395 e. The molecule has 0 spiro atoms. The number of aromatic nitrogens is 2. The zero-order chi connectivity index (χ0) is 13.2. The smallest absolute Gasteiger partial charge is 0.274 e. The standard InChI is InChI=1S/C11H18N4O3/c1-2-7-8(12)9(15-14-7)10(16)13-5-11(17)3-4-18-6-11/h17H,2-6,12H2,1H3,(H,13,16)(H,14,15). The van der Waals surface area contributed by atoms with Crippen molar-refractivity contribution >= 4 is 11.6 Å². The molecule has 18 heavy (non-hydrogen) atoms. The summed E-state index contributed by atoms with van der Waals surface area (Å²) in [6, 6.07) is 0. The number of aliphatic hydroxyl groups is 1. The van der Waals surface area contributed by atoms with Crippen LogP contribution in [0.25, 0.3) is 0 Å². The van der Waals surface area contributed by atoms with Crippen molar-refractivity contribution in [3.05, 3.63) is 11.4 Å². The number of nitrogens with one attached hydrogen (secondary N) is 2. The number of nitrogens with zero attached hydrogens (tertiary/aromatic N) is 1. The molecule has 0 bridgehead atoms. The molecule has 1 saturated heterocycles. The second-order valence-electron chi connectivity index (χ2n) is 4.53. The summed E-state index contributed by atoms with van der Waals surface area (Å²) in [5, 5.41) is 19.2. The summed E-state index contributed by atoms with van der Waals surface area (Å²) in [5.41, 5.74) is 6.09. The number of nitrogen functional groups attached to an aromatic ring is 1. The Morgan fingerprint density at radius 1 is 1.72 bits per heavy atom. The lowest BCUT2D eigenvalue weighted by atomic mass is 10.0. The fourth-order valence-electron chi connectivity index (χ4n) is 1.89. The number of nitrogens with two attached hydrogens (primary N) is 1. The van der Waals surface area contributed by atoms with Gasteiger partial charge in [0.2, 0.25) is 0 Å². The number of carbonyl (C=O) groups excluding carboxylic acids is 1. The summed E-state index contributed by atoms with van der Waals surface area (Å²) in [7, 11) is 0. The second-order valence-corrected chi connectivity index (χ2v) is 4.53. The van der Waals surface area contributed by atoms with E-state index in [2.05, 4.69) is 15.5 Å². The van der Waals surface area contributed by atoms with Crippen molar-refractivity contribution in [2.24, 2.45) is 0 Å². The Balaban J connectivity index is 1.97. The third-order valence-electron chi connectivity index (χ3n) is 3.11.